The third kappa shape index (κ3) is 4.58. The second-order valence-electron chi connectivity index (χ2n) is 10.1. The third-order valence-electron chi connectivity index (χ3n) is 7.94. The van der Waals surface area contributed by atoms with E-state index in [1.54, 1.807) is 28.4 Å². The predicted molar refractivity (Wildman–Crippen MR) is 160 cm³/mol. The minimum atomic E-state index is -1.19. The second-order valence-corrected chi connectivity index (χ2v) is 10.1. The number of benzene rings is 4. The van der Waals surface area contributed by atoms with E-state index >= 15 is 0 Å². The Hall–Kier alpha value is -4.69. The highest BCUT2D eigenvalue weighted by Gasteiger charge is 2.42. The Morgan fingerprint density at radius 3 is 2.31 bits per heavy atom. The lowest BCUT2D eigenvalue weighted by Crippen LogP contribution is -2.41. The predicted octanol–water partition coefficient (Wildman–Crippen LogP) is 5.70. The SMILES string of the molecule is COc1ccc(C2(c3ccc(OC)c(OC)c3)C=Cc3c(c(C(=O)N4CCOCC4)cc4ccccc34)O2)c(OC)c1. The van der Waals surface area contributed by atoms with E-state index in [9.17, 15) is 4.79 Å². The summed E-state index contributed by atoms with van der Waals surface area (Å²) in [5.74, 6) is 2.76. The van der Waals surface area contributed by atoms with Gasteiger partial charge in [0, 0.05) is 35.8 Å². The van der Waals surface area contributed by atoms with E-state index in [1.807, 2.05) is 83.8 Å². The van der Waals surface area contributed by atoms with Crippen molar-refractivity contribution in [3.63, 3.8) is 0 Å². The van der Waals surface area contributed by atoms with E-state index in [0.29, 0.717) is 60.6 Å². The minimum absolute atomic E-state index is 0.0986. The molecule has 0 aliphatic carbocycles. The molecule has 2 heterocycles. The number of fused-ring (bicyclic) bond motifs is 3. The van der Waals surface area contributed by atoms with Crippen molar-refractivity contribution >= 4 is 22.8 Å². The fourth-order valence-corrected chi connectivity index (χ4v) is 5.75. The summed E-state index contributed by atoms with van der Waals surface area (Å²) in [4.78, 5) is 15.9. The average Bonchev–Trinajstić information content (AvgIpc) is 3.06. The van der Waals surface area contributed by atoms with Gasteiger partial charge in [0.05, 0.1) is 47.2 Å². The number of hydrogen-bond acceptors (Lipinski definition) is 7. The van der Waals surface area contributed by atoms with Crippen LogP contribution in [0.15, 0.2) is 72.8 Å². The van der Waals surface area contributed by atoms with Gasteiger partial charge < -0.3 is 33.3 Å². The summed E-state index contributed by atoms with van der Waals surface area (Å²) in [6.45, 7) is 2.04. The van der Waals surface area contributed by atoms with E-state index in [0.717, 1.165) is 27.5 Å². The number of carbonyl (C=O) groups excluding carboxylic acids is 1. The molecule has 4 aromatic rings. The van der Waals surface area contributed by atoms with Crippen molar-refractivity contribution in [1.29, 1.82) is 0 Å². The van der Waals surface area contributed by atoms with Gasteiger partial charge in [-0.1, -0.05) is 30.3 Å². The van der Waals surface area contributed by atoms with Crippen LogP contribution < -0.4 is 23.7 Å². The topological polar surface area (TPSA) is 75.7 Å². The quantitative estimate of drug-likeness (QED) is 0.284. The molecule has 0 saturated carbocycles. The number of hydrogen-bond donors (Lipinski definition) is 0. The Bertz CT molecular complexity index is 1670. The first-order chi connectivity index (χ1) is 20.5. The molecule has 6 rings (SSSR count). The standard InChI is InChI=1S/C34H33NO7/c1-37-24-10-11-28(30(21-24)39-3)34(23-9-12-29(38-2)31(20-23)40-4)14-13-26-25-8-6-5-7-22(25)19-27(32(26)42-34)33(36)35-15-17-41-18-16-35/h5-14,19-21H,15-18H2,1-4H3. The molecule has 0 radical (unpaired) electrons. The fourth-order valence-electron chi connectivity index (χ4n) is 5.75. The molecule has 1 amide bonds. The molecule has 0 aromatic heterocycles. The lowest BCUT2D eigenvalue weighted by atomic mass is 9.81. The maximum Gasteiger partial charge on any atom is 0.257 e. The highest BCUT2D eigenvalue weighted by Crippen LogP contribution is 2.50. The first-order valence-electron chi connectivity index (χ1n) is 13.8. The van der Waals surface area contributed by atoms with Gasteiger partial charge in [0.25, 0.3) is 5.91 Å². The number of ether oxygens (including phenoxy) is 6. The van der Waals surface area contributed by atoms with Crippen LogP contribution in [-0.2, 0) is 10.3 Å². The summed E-state index contributed by atoms with van der Waals surface area (Å²) in [7, 11) is 6.42. The van der Waals surface area contributed by atoms with Gasteiger partial charge in [-0.3, -0.25) is 4.79 Å². The van der Waals surface area contributed by atoms with Gasteiger partial charge in [0.15, 0.2) is 17.1 Å². The summed E-state index contributed by atoms with van der Waals surface area (Å²) in [6, 6.07) is 21.2. The Morgan fingerprint density at radius 2 is 1.57 bits per heavy atom. The number of carbonyl (C=O) groups is 1. The third-order valence-corrected chi connectivity index (χ3v) is 7.94. The first kappa shape index (κ1) is 27.5. The largest absolute Gasteiger partial charge is 0.497 e. The van der Waals surface area contributed by atoms with Crippen LogP contribution in [0.2, 0.25) is 0 Å². The highest BCUT2D eigenvalue weighted by molar-refractivity contribution is 6.06. The summed E-state index contributed by atoms with van der Waals surface area (Å²) >= 11 is 0. The van der Waals surface area contributed by atoms with Crippen LogP contribution in [0, 0.1) is 0 Å². The molecule has 8 nitrogen and oxygen atoms in total. The first-order valence-corrected chi connectivity index (χ1v) is 13.8. The highest BCUT2D eigenvalue weighted by atomic mass is 16.5. The number of morpholine rings is 1. The van der Waals surface area contributed by atoms with Crippen molar-refractivity contribution in [3.05, 3.63) is 95.1 Å². The molecular weight excluding hydrogens is 534 g/mol. The maximum atomic E-state index is 14.1. The molecule has 216 valence electrons. The van der Waals surface area contributed by atoms with E-state index < -0.39 is 5.60 Å². The molecule has 42 heavy (non-hydrogen) atoms. The molecule has 1 fully saturated rings. The van der Waals surface area contributed by atoms with Crippen LogP contribution in [0.4, 0.5) is 0 Å². The summed E-state index contributed by atoms with van der Waals surface area (Å²) < 4.78 is 35.3. The van der Waals surface area contributed by atoms with Gasteiger partial charge in [0.1, 0.15) is 17.2 Å². The van der Waals surface area contributed by atoms with Crippen molar-refractivity contribution in [2.24, 2.45) is 0 Å². The van der Waals surface area contributed by atoms with Crippen molar-refractivity contribution in [1.82, 2.24) is 4.90 Å². The minimum Gasteiger partial charge on any atom is -0.497 e. The van der Waals surface area contributed by atoms with Crippen molar-refractivity contribution < 1.29 is 33.2 Å². The summed E-state index contributed by atoms with van der Waals surface area (Å²) in [6.07, 6.45) is 4.05. The van der Waals surface area contributed by atoms with Crippen LogP contribution in [0.1, 0.15) is 27.0 Å². The van der Waals surface area contributed by atoms with Gasteiger partial charge in [-0.25, -0.2) is 0 Å². The van der Waals surface area contributed by atoms with Gasteiger partial charge in [-0.05, 0) is 53.3 Å². The molecule has 4 aromatic carbocycles. The molecule has 2 aliphatic heterocycles. The summed E-state index contributed by atoms with van der Waals surface area (Å²) in [5, 5.41) is 1.95. The maximum absolute atomic E-state index is 14.1. The van der Waals surface area contributed by atoms with Crippen molar-refractivity contribution in [2.75, 3.05) is 54.7 Å². The molecule has 8 heteroatoms. The van der Waals surface area contributed by atoms with Gasteiger partial charge >= 0.3 is 0 Å². The second kappa shape index (κ2) is 11.3. The summed E-state index contributed by atoms with van der Waals surface area (Å²) in [5.41, 5.74) is 1.65. The number of nitrogens with zero attached hydrogens (tertiary/aromatic N) is 1. The smallest absolute Gasteiger partial charge is 0.257 e. The zero-order valence-electron chi connectivity index (χ0n) is 24.1. The molecule has 2 aliphatic rings. The Morgan fingerprint density at radius 1 is 0.810 bits per heavy atom. The zero-order valence-corrected chi connectivity index (χ0v) is 24.1. The lowest BCUT2D eigenvalue weighted by Gasteiger charge is -2.38. The fraction of sp³-hybridized carbons (Fsp3) is 0.265. The van der Waals surface area contributed by atoms with Gasteiger partial charge in [-0.2, -0.15) is 0 Å². The Kier molecular flexibility index (Phi) is 7.39. The van der Waals surface area contributed by atoms with Crippen LogP contribution in [0.5, 0.6) is 28.7 Å². The van der Waals surface area contributed by atoms with E-state index in [-0.39, 0.29) is 5.91 Å². The number of amides is 1. The van der Waals surface area contributed by atoms with Crippen LogP contribution in [-0.4, -0.2) is 65.5 Å². The van der Waals surface area contributed by atoms with Crippen LogP contribution >= 0.6 is 0 Å². The molecule has 1 unspecified atom stereocenters. The zero-order chi connectivity index (χ0) is 29.3. The Balaban J connectivity index is 1.62. The van der Waals surface area contributed by atoms with Crippen LogP contribution in [0.3, 0.4) is 0 Å². The molecule has 1 saturated heterocycles. The van der Waals surface area contributed by atoms with E-state index in [1.165, 1.54) is 0 Å². The van der Waals surface area contributed by atoms with Crippen LogP contribution in [0.25, 0.3) is 16.8 Å². The molecular formula is C34H33NO7. The number of methoxy groups -OCH3 is 4. The van der Waals surface area contributed by atoms with E-state index in [2.05, 4.69) is 0 Å². The average molecular weight is 568 g/mol. The lowest BCUT2D eigenvalue weighted by molar-refractivity contribution is 0.0297. The normalized spacial score (nSPS) is 17.8. The van der Waals surface area contributed by atoms with Gasteiger partial charge in [-0.15, -0.1) is 0 Å². The monoisotopic (exact) mass is 567 g/mol. The molecule has 0 N–H and O–H groups in total. The van der Waals surface area contributed by atoms with Gasteiger partial charge in [0.2, 0.25) is 0 Å². The molecule has 0 spiro atoms. The van der Waals surface area contributed by atoms with Crippen molar-refractivity contribution in [3.8, 4) is 28.7 Å². The molecule has 1 atom stereocenters. The molecule has 0 bridgehead atoms. The Labute approximate surface area is 245 Å². The van der Waals surface area contributed by atoms with Crippen molar-refractivity contribution in [2.45, 2.75) is 5.60 Å². The van der Waals surface area contributed by atoms with E-state index in [4.69, 9.17) is 28.4 Å². The number of rotatable bonds is 7.